The lowest BCUT2D eigenvalue weighted by Crippen LogP contribution is -2.28. The first-order chi connectivity index (χ1) is 12.9. The van der Waals surface area contributed by atoms with E-state index < -0.39 is 0 Å². The maximum Gasteiger partial charge on any atom is 0.229 e. The highest BCUT2D eigenvalue weighted by atomic mass is 16.2. The van der Waals surface area contributed by atoms with Gasteiger partial charge in [-0.15, -0.1) is 0 Å². The van der Waals surface area contributed by atoms with E-state index in [1.54, 1.807) is 4.90 Å². The van der Waals surface area contributed by atoms with Gasteiger partial charge in [-0.1, -0.05) is 25.1 Å². The van der Waals surface area contributed by atoms with Gasteiger partial charge in [0.1, 0.15) is 0 Å². The average molecular weight is 365 g/mol. The molecule has 142 valence electrons. The lowest BCUT2D eigenvalue weighted by atomic mass is 10.1. The van der Waals surface area contributed by atoms with E-state index in [4.69, 9.17) is 0 Å². The molecule has 1 aliphatic rings. The third kappa shape index (κ3) is 3.97. The summed E-state index contributed by atoms with van der Waals surface area (Å²) in [4.78, 5) is 29.0. The van der Waals surface area contributed by atoms with Gasteiger partial charge in [0.25, 0.3) is 0 Å². The third-order valence-corrected chi connectivity index (χ3v) is 5.11. The average Bonchev–Trinajstić information content (AvgIpc) is 3.03. The van der Waals surface area contributed by atoms with Crippen molar-refractivity contribution in [2.24, 2.45) is 5.92 Å². The molecule has 5 heteroatoms. The molecule has 5 nitrogen and oxygen atoms in total. The molecule has 0 aromatic heterocycles. The summed E-state index contributed by atoms with van der Waals surface area (Å²) in [6.45, 7) is 4.52. The summed E-state index contributed by atoms with van der Waals surface area (Å²) in [5.41, 5.74) is 5.03. The van der Waals surface area contributed by atoms with E-state index in [9.17, 15) is 9.59 Å². The normalized spacial score (nSPS) is 16.5. The standard InChI is InChI=1S/C22H27N3O2/c1-5-16-8-6-7-9-20(16)25-14-17(13-21(25)26)22(27)23-18-10-11-19(24(3)4)15(2)12-18/h6-12,17H,5,13-14H2,1-4H3,(H,23,27)/t17-/m0/s1. The fourth-order valence-electron chi connectivity index (χ4n) is 3.67. The highest BCUT2D eigenvalue weighted by Gasteiger charge is 2.35. The molecule has 1 fully saturated rings. The summed E-state index contributed by atoms with van der Waals surface area (Å²) >= 11 is 0. The minimum atomic E-state index is -0.337. The molecule has 0 unspecified atom stereocenters. The van der Waals surface area contributed by atoms with Crippen LogP contribution in [0.4, 0.5) is 17.1 Å². The van der Waals surface area contributed by atoms with E-state index in [0.29, 0.717) is 6.54 Å². The second-order valence-corrected chi connectivity index (χ2v) is 7.27. The summed E-state index contributed by atoms with van der Waals surface area (Å²) in [6, 6.07) is 13.8. The second kappa shape index (κ2) is 7.82. The number of hydrogen-bond donors (Lipinski definition) is 1. The predicted octanol–water partition coefficient (Wildman–Crippen LogP) is 3.62. The Morgan fingerprint density at radius 3 is 2.63 bits per heavy atom. The zero-order valence-electron chi connectivity index (χ0n) is 16.5. The van der Waals surface area contributed by atoms with Crippen LogP contribution in [0, 0.1) is 12.8 Å². The maximum atomic E-state index is 12.7. The number of nitrogens with one attached hydrogen (secondary N) is 1. The predicted molar refractivity (Wildman–Crippen MR) is 110 cm³/mol. The van der Waals surface area contributed by atoms with Gasteiger partial charge in [0.2, 0.25) is 11.8 Å². The monoisotopic (exact) mass is 365 g/mol. The minimum Gasteiger partial charge on any atom is -0.377 e. The summed E-state index contributed by atoms with van der Waals surface area (Å²) in [6.07, 6.45) is 1.10. The molecule has 0 bridgehead atoms. The van der Waals surface area contributed by atoms with E-state index in [-0.39, 0.29) is 24.2 Å². The van der Waals surface area contributed by atoms with Crippen molar-refractivity contribution in [1.82, 2.24) is 0 Å². The van der Waals surface area contributed by atoms with Gasteiger partial charge >= 0.3 is 0 Å². The lowest BCUT2D eigenvalue weighted by molar-refractivity contribution is -0.122. The molecule has 2 aromatic carbocycles. The van der Waals surface area contributed by atoms with Gasteiger partial charge < -0.3 is 15.1 Å². The van der Waals surface area contributed by atoms with Gasteiger partial charge in [-0.25, -0.2) is 0 Å². The van der Waals surface area contributed by atoms with Crippen LogP contribution in [0.2, 0.25) is 0 Å². The Kier molecular flexibility index (Phi) is 5.49. The number of carbonyl (C=O) groups is 2. The smallest absolute Gasteiger partial charge is 0.229 e. The van der Waals surface area contributed by atoms with Gasteiger partial charge in [0.05, 0.1) is 5.92 Å². The van der Waals surface area contributed by atoms with E-state index in [1.165, 1.54) is 0 Å². The van der Waals surface area contributed by atoms with E-state index in [1.807, 2.05) is 68.4 Å². The molecule has 0 spiro atoms. The van der Waals surface area contributed by atoms with Crippen molar-refractivity contribution in [3.63, 3.8) is 0 Å². The molecular formula is C22H27N3O2. The number of aryl methyl sites for hydroxylation is 2. The Morgan fingerprint density at radius 2 is 1.96 bits per heavy atom. The Bertz CT molecular complexity index is 860. The largest absolute Gasteiger partial charge is 0.377 e. The topological polar surface area (TPSA) is 52.7 Å². The van der Waals surface area contributed by atoms with Crippen molar-refractivity contribution < 1.29 is 9.59 Å². The molecule has 1 N–H and O–H groups in total. The molecule has 2 aromatic rings. The van der Waals surface area contributed by atoms with E-state index >= 15 is 0 Å². The number of benzene rings is 2. The van der Waals surface area contributed by atoms with Crippen LogP contribution in [0.25, 0.3) is 0 Å². The lowest BCUT2D eigenvalue weighted by Gasteiger charge is -2.20. The molecule has 3 rings (SSSR count). The van der Waals surface area contributed by atoms with E-state index in [0.717, 1.165) is 34.6 Å². The Labute approximate surface area is 161 Å². The number of amides is 2. The molecule has 1 saturated heterocycles. The molecule has 0 aliphatic carbocycles. The maximum absolute atomic E-state index is 12.7. The van der Waals surface area contributed by atoms with Crippen molar-refractivity contribution in [3.05, 3.63) is 53.6 Å². The van der Waals surface area contributed by atoms with E-state index in [2.05, 4.69) is 12.2 Å². The SMILES string of the molecule is CCc1ccccc1N1C[C@@H](C(=O)Nc2ccc(N(C)C)c(C)c2)CC1=O. The number of hydrogen-bond acceptors (Lipinski definition) is 3. The van der Waals surface area contributed by atoms with Gasteiger partial charge in [0, 0.05) is 44.1 Å². The number of carbonyl (C=O) groups excluding carboxylic acids is 2. The van der Waals surface area contributed by atoms with Crippen molar-refractivity contribution >= 4 is 28.9 Å². The Balaban J connectivity index is 1.72. The molecule has 27 heavy (non-hydrogen) atoms. The van der Waals surface area contributed by atoms with Gasteiger partial charge in [0.15, 0.2) is 0 Å². The second-order valence-electron chi connectivity index (χ2n) is 7.27. The molecule has 1 aliphatic heterocycles. The summed E-state index contributed by atoms with van der Waals surface area (Å²) < 4.78 is 0. The summed E-state index contributed by atoms with van der Waals surface area (Å²) in [5.74, 6) is -0.428. The highest BCUT2D eigenvalue weighted by molar-refractivity contribution is 6.04. The Morgan fingerprint density at radius 1 is 1.22 bits per heavy atom. The van der Waals surface area contributed by atoms with Crippen molar-refractivity contribution in [2.75, 3.05) is 35.8 Å². The van der Waals surface area contributed by atoms with Gasteiger partial charge in [-0.2, -0.15) is 0 Å². The first kappa shape index (κ1) is 19.0. The summed E-state index contributed by atoms with van der Waals surface area (Å²) in [7, 11) is 3.99. The quantitative estimate of drug-likeness (QED) is 0.881. The number of anilines is 3. The van der Waals surface area contributed by atoms with Crippen LogP contribution in [0.5, 0.6) is 0 Å². The van der Waals surface area contributed by atoms with Gasteiger partial charge in [-0.3, -0.25) is 9.59 Å². The van der Waals surface area contributed by atoms with Crippen LogP contribution in [-0.4, -0.2) is 32.5 Å². The first-order valence-corrected chi connectivity index (χ1v) is 9.37. The van der Waals surface area contributed by atoms with Crippen LogP contribution in [0.15, 0.2) is 42.5 Å². The number of para-hydroxylation sites is 1. The van der Waals surface area contributed by atoms with Crippen LogP contribution in [0.1, 0.15) is 24.5 Å². The zero-order valence-corrected chi connectivity index (χ0v) is 16.5. The molecule has 1 heterocycles. The van der Waals surface area contributed by atoms with Crippen LogP contribution in [-0.2, 0) is 16.0 Å². The van der Waals surface area contributed by atoms with Crippen molar-refractivity contribution in [3.8, 4) is 0 Å². The van der Waals surface area contributed by atoms with Gasteiger partial charge in [-0.05, 0) is 48.7 Å². The highest BCUT2D eigenvalue weighted by Crippen LogP contribution is 2.29. The molecule has 0 saturated carbocycles. The Hall–Kier alpha value is -2.82. The number of nitrogens with zero attached hydrogens (tertiary/aromatic N) is 2. The molecule has 1 atom stereocenters. The fourth-order valence-corrected chi connectivity index (χ4v) is 3.67. The molecular weight excluding hydrogens is 338 g/mol. The fraction of sp³-hybridized carbons (Fsp3) is 0.364. The summed E-state index contributed by atoms with van der Waals surface area (Å²) in [5, 5.41) is 2.98. The van der Waals surface area contributed by atoms with Crippen molar-refractivity contribution in [1.29, 1.82) is 0 Å². The molecule has 0 radical (unpaired) electrons. The number of rotatable bonds is 5. The minimum absolute atomic E-state index is 0.00943. The van der Waals surface area contributed by atoms with Crippen LogP contribution >= 0.6 is 0 Å². The van der Waals surface area contributed by atoms with Crippen LogP contribution < -0.4 is 15.1 Å². The third-order valence-electron chi connectivity index (χ3n) is 5.11. The van der Waals surface area contributed by atoms with Crippen molar-refractivity contribution in [2.45, 2.75) is 26.7 Å². The first-order valence-electron chi connectivity index (χ1n) is 9.37. The van der Waals surface area contributed by atoms with Crippen LogP contribution in [0.3, 0.4) is 0 Å². The zero-order chi connectivity index (χ0) is 19.6. The molecule has 2 amide bonds.